The zero-order valence-corrected chi connectivity index (χ0v) is 29.8. The summed E-state index contributed by atoms with van der Waals surface area (Å²) in [5.74, 6) is -2.19. The second-order valence-corrected chi connectivity index (χ2v) is 15.2. The number of hydrogen-bond donors (Lipinski definition) is 3. The van der Waals surface area contributed by atoms with Crippen LogP contribution in [0.4, 0.5) is 26.1 Å². The maximum absolute atomic E-state index is 15.5. The van der Waals surface area contributed by atoms with Crippen LogP contribution in [-0.2, 0) is 10.2 Å². The Morgan fingerprint density at radius 1 is 0.962 bits per heavy atom. The minimum Gasteiger partial charge on any atom is -0.399 e. The molecule has 3 aromatic heterocycles. The molecule has 2 fully saturated rings. The third-order valence-corrected chi connectivity index (χ3v) is 11.9. The molecule has 5 aromatic rings. The van der Waals surface area contributed by atoms with Crippen LogP contribution in [0, 0.1) is 11.6 Å². The number of nitrogens with one attached hydrogen (secondary N) is 2. The summed E-state index contributed by atoms with van der Waals surface area (Å²) in [6, 6.07) is 12.3. The van der Waals surface area contributed by atoms with Crippen molar-refractivity contribution in [1.29, 1.82) is 0 Å². The quantitative estimate of drug-likeness (QED) is 0.124. The molecule has 0 atom stereocenters. The highest BCUT2D eigenvalue weighted by Gasteiger charge is 2.30. The number of nitrogens with two attached hydrogens (primary N) is 1. The number of benzene rings is 2. The van der Waals surface area contributed by atoms with Gasteiger partial charge in [0.1, 0.15) is 11.5 Å². The first kappa shape index (κ1) is 35.4. The van der Waals surface area contributed by atoms with Crippen molar-refractivity contribution in [2.24, 2.45) is 0 Å². The molecule has 4 N–H and O–H groups in total. The summed E-state index contributed by atoms with van der Waals surface area (Å²) in [5.41, 5.74) is 8.20. The number of hydrogen-bond acceptors (Lipinski definition) is 9. The molecule has 2 aliphatic rings. The molecule has 2 aliphatic heterocycles. The van der Waals surface area contributed by atoms with E-state index in [9.17, 15) is 17.6 Å². The van der Waals surface area contributed by atoms with Gasteiger partial charge in [-0.1, -0.05) is 19.1 Å². The number of H-pyrrole nitrogens is 1. The van der Waals surface area contributed by atoms with Crippen LogP contribution in [0.3, 0.4) is 0 Å². The van der Waals surface area contributed by atoms with Gasteiger partial charge in [-0.15, -0.1) is 0 Å². The maximum Gasteiger partial charge on any atom is 0.301 e. The molecule has 15 heteroatoms. The molecular formula is C37H41F2N9O3S. The number of aromatic amines is 1. The van der Waals surface area contributed by atoms with E-state index in [1.54, 1.807) is 31.6 Å². The smallest absolute Gasteiger partial charge is 0.301 e. The summed E-state index contributed by atoms with van der Waals surface area (Å²) >= 11 is 0. The third kappa shape index (κ3) is 7.07. The van der Waals surface area contributed by atoms with E-state index in [-0.39, 0.29) is 12.1 Å². The molecule has 52 heavy (non-hydrogen) atoms. The van der Waals surface area contributed by atoms with Gasteiger partial charge in [-0.3, -0.25) is 9.52 Å². The summed E-state index contributed by atoms with van der Waals surface area (Å²) in [5, 5.41) is 0.335. The number of pyridine rings is 1. The van der Waals surface area contributed by atoms with Crippen molar-refractivity contribution in [1.82, 2.24) is 29.1 Å². The number of halogens is 2. The number of fused-ring (bicyclic) bond motifs is 1. The van der Waals surface area contributed by atoms with Crippen LogP contribution < -0.4 is 15.4 Å². The van der Waals surface area contributed by atoms with E-state index in [0.29, 0.717) is 40.1 Å². The van der Waals surface area contributed by atoms with E-state index >= 15 is 4.39 Å². The van der Waals surface area contributed by atoms with E-state index < -0.39 is 38.9 Å². The van der Waals surface area contributed by atoms with Gasteiger partial charge in [-0.2, -0.15) is 12.7 Å². The number of piperidine rings is 2. The Kier molecular flexibility index (Phi) is 9.92. The average molecular weight is 730 g/mol. The molecule has 2 aromatic carbocycles. The van der Waals surface area contributed by atoms with Crippen molar-refractivity contribution in [3.63, 3.8) is 0 Å². The number of rotatable bonds is 10. The van der Waals surface area contributed by atoms with E-state index in [0.717, 1.165) is 74.0 Å². The molecule has 0 saturated carbocycles. The minimum atomic E-state index is -4.12. The largest absolute Gasteiger partial charge is 0.399 e. The molecule has 12 nitrogen and oxygen atoms in total. The van der Waals surface area contributed by atoms with Crippen molar-refractivity contribution in [3.8, 4) is 11.1 Å². The second kappa shape index (κ2) is 14.6. The van der Waals surface area contributed by atoms with E-state index in [2.05, 4.69) is 46.6 Å². The number of nitrogen functional groups attached to an aromatic ring is 1. The topological polar surface area (TPSA) is 153 Å². The zero-order chi connectivity index (χ0) is 36.6. The number of nitrogens with zero attached hydrogens (tertiary/aromatic N) is 6. The van der Waals surface area contributed by atoms with Gasteiger partial charge in [0.25, 0.3) is 0 Å². The van der Waals surface area contributed by atoms with Gasteiger partial charge in [0.15, 0.2) is 5.82 Å². The first-order valence-corrected chi connectivity index (χ1v) is 18.9. The van der Waals surface area contributed by atoms with Crippen LogP contribution in [0.1, 0.15) is 60.0 Å². The fraction of sp³-hybridized carbons (Fsp3) is 0.351. The minimum absolute atomic E-state index is 0.0253. The lowest BCUT2D eigenvalue weighted by atomic mass is 9.88. The fourth-order valence-corrected chi connectivity index (χ4v) is 8.07. The summed E-state index contributed by atoms with van der Waals surface area (Å²) < 4.78 is 58.6. The number of carbonyl (C=O) groups is 1. The standard InChI is InChI=1S/C37H41F2N9O3S/c1-3-46(2)52(50,51)45-32-9-8-31(38)33(34(32)39)35(49)30-22-42-36-29(30)18-25(19-41-36)26-20-43-37(44-21-26)48-16-12-28(13-17-48)47-14-10-24(11-15-47)23-4-6-27(40)7-5-23/h4-9,18-22,24,28,45H,3,10-17,40H2,1-2H3,(H,41,42). The first-order valence-electron chi connectivity index (χ1n) is 17.4. The van der Waals surface area contributed by atoms with E-state index in [1.165, 1.54) is 18.8 Å². The molecule has 7 rings (SSSR count). The molecule has 0 unspecified atom stereocenters. The van der Waals surface area contributed by atoms with E-state index in [4.69, 9.17) is 5.73 Å². The Morgan fingerprint density at radius 3 is 2.31 bits per heavy atom. The lowest BCUT2D eigenvalue weighted by molar-refractivity contribution is 0.103. The molecule has 2 saturated heterocycles. The molecule has 0 bridgehead atoms. The summed E-state index contributed by atoms with van der Waals surface area (Å²) in [6.45, 7) is 5.62. The normalized spacial score (nSPS) is 16.5. The van der Waals surface area contributed by atoms with Crippen LogP contribution in [0.25, 0.3) is 22.2 Å². The van der Waals surface area contributed by atoms with Crippen molar-refractivity contribution in [2.75, 3.05) is 55.1 Å². The lowest BCUT2D eigenvalue weighted by Gasteiger charge is -2.42. The van der Waals surface area contributed by atoms with Gasteiger partial charge < -0.3 is 20.5 Å². The number of likely N-dealkylation sites (tertiary alicyclic amines) is 1. The Bertz CT molecular complexity index is 2180. The maximum atomic E-state index is 15.5. The van der Waals surface area contributed by atoms with Gasteiger partial charge in [0, 0.05) is 85.3 Å². The Balaban J connectivity index is 1.02. The third-order valence-electron chi connectivity index (χ3n) is 10.4. The molecule has 0 amide bonds. The number of ketones is 1. The highest BCUT2D eigenvalue weighted by atomic mass is 32.2. The highest BCUT2D eigenvalue weighted by molar-refractivity contribution is 7.90. The van der Waals surface area contributed by atoms with Gasteiger partial charge >= 0.3 is 10.2 Å². The van der Waals surface area contributed by atoms with Crippen LogP contribution >= 0.6 is 0 Å². The van der Waals surface area contributed by atoms with Gasteiger partial charge in [-0.05, 0) is 80.6 Å². The Morgan fingerprint density at radius 2 is 1.63 bits per heavy atom. The lowest BCUT2D eigenvalue weighted by Crippen LogP contribution is -2.47. The summed E-state index contributed by atoms with van der Waals surface area (Å²) in [7, 11) is -2.81. The van der Waals surface area contributed by atoms with Gasteiger partial charge in [0.05, 0.1) is 11.3 Å². The van der Waals surface area contributed by atoms with Gasteiger partial charge in [0.2, 0.25) is 11.7 Å². The van der Waals surface area contributed by atoms with Crippen LogP contribution in [0.5, 0.6) is 0 Å². The molecule has 5 heterocycles. The van der Waals surface area contributed by atoms with Crippen LogP contribution in [0.2, 0.25) is 0 Å². The van der Waals surface area contributed by atoms with Crippen molar-refractivity contribution in [2.45, 2.75) is 44.6 Å². The van der Waals surface area contributed by atoms with Crippen molar-refractivity contribution < 1.29 is 22.0 Å². The predicted octanol–water partition coefficient (Wildman–Crippen LogP) is 5.57. The number of carbonyl (C=O) groups excluding carboxylic acids is 1. The molecule has 0 radical (unpaired) electrons. The van der Waals surface area contributed by atoms with Crippen LogP contribution in [-0.4, -0.2) is 89.2 Å². The molecule has 0 aliphatic carbocycles. The van der Waals surface area contributed by atoms with Crippen molar-refractivity contribution in [3.05, 3.63) is 95.6 Å². The second-order valence-electron chi connectivity index (χ2n) is 13.4. The van der Waals surface area contributed by atoms with E-state index in [1.807, 2.05) is 12.1 Å². The number of aromatic nitrogens is 4. The highest BCUT2D eigenvalue weighted by Crippen LogP contribution is 2.33. The molecular weight excluding hydrogens is 689 g/mol. The van der Waals surface area contributed by atoms with Gasteiger partial charge in [-0.25, -0.2) is 23.7 Å². The predicted molar refractivity (Wildman–Crippen MR) is 197 cm³/mol. The SMILES string of the molecule is CCN(C)S(=O)(=O)Nc1ccc(F)c(C(=O)c2c[nH]c3ncc(-c4cnc(N5CCC(N6CCC(c7ccc(N)cc7)CC6)CC5)nc4)cc23)c1F. The summed E-state index contributed by atoms with van der Waals surface area (Å²) in [4.78, 5) is 35.0. The zero-order valence-electron chi connectivity index (χ0n) is 29.0. The molecule has 272 valence electrons. The average Bonchev–Trinajstić information content (AvgIpc) is 3.60. The Hall–Kier alpha value is -4.99. The first-order chi connectivity index (χ1) is 25.0. The van der Waals surface area contributed by atoms with Crippen LogP contribution in [0.15, 0.2) is 67.3 Å². The molecule has 0 spiro atoms. The Labute approximate surface area is 301 Å². The summed E-state index contributed by atoms with van der Waals surface area (Å²) in [6.07, 6.45) is 10.7. The number of anilines is 3. The van der Waals surface area contributed by atoms with Crippen molar-refractivity contribution >= 4 is 44.3 Å². The monoisotopic (exact) mass is 729 g/mol. The fourth-order valence-electron chi connectivity index (χ4n) is 7.14.